The lowest BCUT2D eigenvalue weighted by atomic mass is 9.98. The van der Waals surface area contributed by atoms with Crippen molar-refractivity contribution in [1.29, 1.82) is 0 Å². The summed E-state index contributed by atoms with van der Waals surface area (Å²) in [6.07, 6.45) is -0.260. The first-order valence-corrected chi connectivity index (χ1v) is 9.35. The summed E-state index contributed by atoms with van der Waals surface area (Å²) in [4.78, 5) is 14.7. The number of thiophene rings is 1. The summed E-state index contributed by atoms with van der Waals surface area (Å²) >= 11 is 1.72. The van der Waals surface area contributed by atoms with E-state index in [0.29, 0.717) is 6.54 Å². The van der Waals surface area contributed by atoms with Gasteiger partial charge < -0.3 is 4.74 Å². The highest BCUT2D eigenvalue weighted by atomic mass is 32.1. The first kappa shape index (κ1) is 16.2. The minimum atomic E-state index is -0.507. The van der Waals surface area contributed by atoms with Crippen LogP contribution < -0.4 is 0 Å². The maximum Gasteiger partial charge on any atom is 0.411 e. The quantitative estimate of drug-likeness (QED) is 0.559. The SMILES string of the molecule is CC(C)(C)OC(=O)N1Cc2ccccc2C1c1csc2ccccc12. The van der Waals surface area contributed by atoms with Crippen molar-refractivity contribution in [2.45, 2.75) is 39.0 Å². The van der Waals surface area contributed by atoms with Gasteiger partial charge in [0.2, 0.25) is 0 Å². The molecule has 1 aliphatic rings. The lowest BCUT2D eigenvalue weighted by molar-refractivity contribution is 0.0204. The van der Waals surface area contributed by atoms with Crippen molar-refractivity contribution in [3.63, 3.8) is 0 Å². The Morgan fingerprint density at radius 1 is 1.08 bits per heavy atom. The molecule has 2 heterocycles. The minimum Gasteiger partial charge on any atom is -0.444 e. The minimum absolute atomic E-state index is 0.0952. The van der Waals surface area contributed by atoms with Crippen molar-refractivity contribution in [2.75, 3.05) is 0 Å². The van der Waals surface area contributed by atoms with E-state index in [4.69, 9.17) is 4.74 Å². The van der Waals surface area contributed by atoms with Gasteiger partial charge >= 0.3 is 6.09 Å². The number of amides is 1. The van der Waals surface area contributed by atoms with E-state index in [2.05, 4.69) is 41.8 Å². The van der Waals surface area contributed by atoms with Crippen LogP contribution in [0.1, 0.15) is 43.5 Å². The summed E-state index contributed by atoms with van der Waals surface area (Å²) in [6, 6.07) is 16.6. The van der Waals surface area contributed by atoms with Crippen LogP contribution in [0.2, 0.25) is 0 Å². The molecule has 25 heavy (non-hydrogen) atoms. The third kappa shape index (κ3) is 2.91. The number of rotatable bonds is 1. The maximum absolute atomic E-state index is 12.9. The molecule has 4 rings (SSSR count). The Kier molecular flexibility index (Phi) is 3.80. The molecule has 1 atom stereocenters. The number of benzene rings is 2. The molecule has 1 unspecified atom stereocenters. The zero-order valence-corrected chi connectivity index (χ0v) is 15.5. The Labute approximate surface area is 151 Å². The highest BCUT2D eigenvalue weighted by molar-refractivity contribution is 7.17. The fourth-order valence-corrected chi connectivity index (χ4v) is 4.40. The van der Waals surface area contributed by atoms with Gasteiger partial charge in [0.1, 0.15) is 5.60 Å². The molecule has 0 bridgehead atoms. The van der Waals surface area contributed by atoms with Crippen LogP contribution in [0, 0.1) is 0 Å². The third-order valence-corrected chi connectivity index (χ3v) is 5.42. The first-order chi connectivity index (χ1) is 11.9. The molecule has 0 saturated carbocycles. The number of ether oxygens (including phenoxy) is 1. The number of carbonyl (C=O) groups is 1. The van der Waals surface area contributed by atoms with Crippen LogP contribution in [0.25, 0.3) is 10.1 Å². The van der Waals surface area contributed by atoms with E-state index in [1.54, 1.807) is 11.3 Å². The normalized spacial score (nSPS) is 16.9. The Bertz CT molecular complexity index is 938. The van der Waals surface area contributed by atoms with Crippen LogP contribution in [0.5, 0.6) is 0 Å². The molecule has 2 aromatic carbocycles. The van der Waals surface area contributed by atoms with E-state index >= 15 is 0 Å². The van der Waals surface area contributed by atoms with Gasteiger partial charge in [0.15, 0.2) is 0 Å². The van der Waals surface area contributed by atoms with Crippen molar-refractivity contribution in [3.8, 4) is 0 Å². The molecule has 1 aromatic heterocycles. The summed E-state index contributed by atoms with van der Waals surface area (Å²) in [5, 5.41) is 3.39. The van der Waals surface area contributed by atoms with Gasteiger partial charge in [-0.1, -0.05) is 42.5 Å². The zero-order chi connectivity index (χ0) is 17.6. The number of nitrogens with zero attached hydrogens (tertiary/aromatic N) is 1. The summed E-state index contributed by atoms with van der Waals surface area (Å²) in [5.74, 6) is 0. The molecule has 128 valence electrons. The second-order valence-corrected chi connectivity index (χ2v) is 8.31. The van der Waals surface area contributed by atoms with Crippen LogP contribution in [0.3, 0.4) is 0 Å². The van der Waals surface area contributed by atoms with Gasteiger partial charge in [-0.25, -0.2) is 4.79 Å². The number of hydrogen-bond donors (Lipinski definition) is 0. The molecule has 0 saturated heterocycles. The second-order valence-electron chi connectivity index (χ2n) is 7.40. The molecule has 0 N–H and O–H groups in total. The van der Waals surface area contributed by atoms with E-state index in [9.17, 15) is 4.79 Å². The molecule has 1 aliphatic heterocycles. The molecule has 0 spiro atoms. The molecule has 4 heteroatoms. The Hall–Kier alpha value is -2.33. The van der Waals surface area contributed by atoms with Crippen LogP contribution >= 0.6 is 11.3 Å². The predicted octanol–water partition coefficient (Wildman–Crippen LogP) is 5.74. The number of hydrogen-bond acceptors (Lipinski definition) is 3. The molecule has 0 fully saturated rings. The highest BCUT2D eigenvalue weighted by Crippen LogP contribution is 2.43. The Balaban J connectivity index is 1.82. The Morgan fingerprint density at radius 2 is 1.80 bits per heavy atom. The van der Waals surface area contributed by atoms with Crippen LogP contribution in [-0.4, -0.2) is 16.6 Å². The monoisotopic (exact) mass is 351 g/mol. The fraction of sp³-hybridized carbons (Fsp3) is 0.286. The molecule has 0 radical (unpaired) electrons. The number of fused-ring (bicyclic) bond motifs is 2. The molecular formula is C21H21NO2S. The summed E-state index contributed by atoms with van der Waals surface area (Å²) in [5.41, 5.74) is 3.05. The van der Waals surface area contributed by atoms with Gasteiger partial charge in [0.25, 0.3) is 0 Å². The summed E-state index contributed by atoms with van der Waals surface area (Å²) in [7, 11) is 0. The third-order valence-electron chi connectivity index (χ3n) is 4.44. The zero-order valence-electron chi connectivity index (χ0n) is 14.7. The molecule has 1 amide bonds. The van der Waals surface area contributed by atoms with Crippen molar-refractivity contribution < 1.29 is 9.53 Å². The largest absolute Gasteiger partial charge is 0.444 e. The van der Waals surface area contributed by atoms with Crippen molar-refractivity contribution in [3.05, 3.63) is 70.6 Å². The van der Waals surface area contributed by atoms with E-state index in [1.807, 2.05) is 37.8 Å². The summed E-state index contributed by atoms with van der Waals surface area (Å²) < 4.78 is 6.93. The molecule has 3 nitrogen and oxygen atoms in total. The highest BCUT2D eigenvalue weighted by Gasteiger charge is 2.37. The van der Waals surface area contributed by atoms with Crippen LogP contribution in [-0.2, 0) is 11.3 Å². The van der Waals surface area contributed by atoms with E-state index < -0.39 is 5.60 Å². The van der Waals surface area contributed by atoms with Crippen molar-refractivity contribution in [1.82, 2.24) is 4.90 Å². The summed E-state index contributed by atoms with van der Waals surface area (Å²) in [6.45, 7) is 6.30. The lowest BCUT2D eigenvalue weighted by Crippen LogP contribution is -2.36. The van der Waals surface area contributed by atoms with E-state index in [0.717, 1.165) is 0 Å². The Morgan fingerprint density at radius 3 is 2.60 bits per heavy atom. The molecule has 3 aromatic rings. The fourth-order valence-electron chi connectivity index (χ4n) is 3.42. The van der Waals surface area contributed by atoms with E-state index in [1.165, 1.54) is 26.8 Å². The molecular weight excluding hydrogens is 330 g/mol. The average molecular weight is 351 g/mol. The lowest BCUT2D eigenvalue weighted by Gasteiger charge is -2.29. The van der Waals surface area contributed by atoms with E-state index in [-0.39, 0.29) is 12.1 Å². The maximum atomic E-state index is 12.9. The van der Waals surface area contributed by atoms with Gasteiger partial charge in [-0.05, 0) is 54.3 Å². The number of carbonyl (C=O) groups excluding carboxylic acids is 1. The predicted molar refractivity (Wildman–Crippen MR) is 102 cm³/mol. The van der Waals surface area contributed by atoms with Gasteiger partial charge in [0, 0.05) is 4.70 Å². The van der Waals surface area contributed by atoms with Crippen LogP contribution in [0.15, 0.2) is 53.9 Å². The smallest absolute Gasteiger partial charge is 0.411 e. The van der Waals surface area contributed by atoms with Gasteiger partial charge in [-0.2, -0.15) is 0 Å². The average Bonchev–Trinajstić information content (AvgIpc) is 3.14. The van der Waals surface area contributed by atoms with Crippen molar-refractivity contribution in [2.24, 2.45) is 0 Å². The molecule has 0 aliphatic carbocycles. The van der Waals surface area contributed by atoms with Crippen molar-refractivity contribution >= 4 is 27.5 Å². The van der Waals surface area contributed by atoms with Gasteiger partial charge in [-0.3, -0.25) is 4.90 Å². The standard InChI is InChI=1S/C21H21NO2S/c1-21(2,3)24-20(23)22-12-14-8-4-5-9-15(14)19(22)17-13-25-18-11-7-6-10-16(17)18/h4-11,13,19H,12H2,1-3H3. The van der Waals surface area contributed by atoms with Gasteiger partial charge in [-0.15, -0.1) is 11.3 Å². The second kappa shape index (κ2) is 5.88. The first-order valence-electron chi connectivity index (χ1n) is 8.47. The van der Waals surface area contributed by atoms with Gasteiger partial charge in [0.05, 0.1) is 12.6 Å². The topological polar surface area (TPSA) is 29.5 Å². The van der Waals surface area contributed by atoms with Crippen LogP contribution in [0.4, 0.5) is 4.79 Å².